The van der Waals surface area contributed by atoms with Gasteiger partial charge in [-0.1, -0.05) is 42.5 Å². The fourth-order valence-electron chi connectivity index (χ4n) is 4.39. The molecule has 4 rings (SSSR count). The number of nitrogens with one attached hydrogen (secondary N) is 2. The summed E-state index contributed by atoms with van der Waals surface area (Å²) in [6, 6.07) is 11.5. The second kappa shape index (κ2) is 8.21. The van der Waals surface area contributed by atoms with Crippen molar-refractivity contribution in [1.82, 2.24) is 19.8 Å². The Bertz CT molecular complexity index is 972. The minimum absolute atomic E-state index is 0.0513. The van der Waals surface area contributed by atoms with Crippen LogP contribution >= 0.6 is 0 Å². The molecule has 2 aliphatic heterocycles. The molecule has 0 unspecified atom stereocenters. The van der Waals surface area contributed by atoms with Crippen LogP contribution in [-0.4, -0.2) is 51.9 Å². The van der Waals surface area contributed by atoms with Gasteiger partial charge in [-0.2, -0.15) is 0 Å². The molecule has 1 aromatic carbocycles. The van der Waals surface area contributed by atoms with Crippen LogP contribution in [0.3, 0.4) is 0 Å². The van der Waals surface area contributed by atoms with Gasteiger partial charge in [-0.05, 0) is 36.9 Å². The van der Waals surface area contributed by atoms with Gasteiger partial charge in [0.1, 0.15) is 0 Å². The molecule has 7 heteroatoms. The topological polar surface area (TPSA) is 89.3 Å². The maximum Gasteiger partial charge on any atom is 0.325 e. The average molecular weight is 394 g/mol. The molecule has 1 aromatic heterocycles. The number of hydrogen-bond donors (Lipinski definition) is 2. The van der Waals surface area contributed by atoms with Crippen LogP contribution in [0.25, 0.3) is 6.08 Å². The second-order valence-electron chi connectivity index (χ2n) is 8.15. The van der Waals surface area contributed by atoms with Crippen LogP contribution in [0, 0.1) is 5.41 Å². The summed E-state index contributed by atoms with van der Waals surface area (Å²) < 4.78 is 0. The van der Waals surface area contributed by atoms with Crippen LogP contribution in [0.2, 0.25) is 0 Å². The van der Waals surface area contributed by atoms with Crippen LogP contribution in [0.4, 0.5) is 0 Å². The van der Waals surface area contributed by atoms with Crippen molar-refractivity contribution in [2.75, 3.05) is 26.2 Å². The SMILES string of the molecule is O=C1CC2(CCN(Cc3cc(=O)[nH]c(=O)[nH]3)CC2)CN1CC=Cc1ccccc1. The van der Waals surface area contributed by atoms with E-state index in [-0.39, 0.29) is 16.9 Å². The molecule has 29 heavy (non-hydrogen) atoms. The number of aromatic nitrogens is 2. The van der Waals surface area contributed by atoms with Crippen molar-refractivity contribution >= 4 is 12.0 Å². The quantitative estimate of drug-likeness (QED) is 0.806. The van der Waals surface area contributed by atoms with Crippen molar-refractivity contribution in [3.63, 3.8) is 0 Å². The first-order chi connectivity index (χ1) is 14.0. The molecule has 0 aliphatic carbocycles. The van der Waals surface area contributed by atoms with Crippen molar-refractivity contribution in [3.8, 4) is 0 Å². The fraction of sp³-hybridized carbons (Fsp3) is 0.409. The predicted octanol–water partition coefficient (Wildman–Crippen LogP) is 1.59. The van der Waals surface area contributed by atoms with Crippen LogP contribution in [0.15, 0.2) is 52.1 Å². The number of rotatable bonds is 5. The first-order valence-corrected chi connectivity index (χ1v) is 10.1. The highest BCUT2D eigenvalue weighted by atomic mass is 16.2. The molecule has 3 heterocycles. The van der Waals surface area contributed by atoms with Gasteiger partial charge >= 0.3 is 5.69 Å². The van der Waals surface area contributed by atoms with Crippen LogP contribution in [0.1, 0.15) is 30.5 Å². The lowest BCUT2D eigenvalue weighted by atomic mass is 9.77. The number of carbonyl (C=O) groups is 1. The van der Waals surface area contributed by atoms with E-state index in [2.05, 4.69) is 27.0 Å². The highest BCUT2D eigenvalue weighted by molar-refractivity contribution is 5.79. The van der Waals surface area contributed by atoms with E-state index in [1.54, 1.807) is 0 Å². The number of piperidine rings is 1. The number of H-pyrrole nitrogens is 2. The summed E-state index contributed by atoms with van der Waals surface area (Å²) in [7, 11) is 0. The molecule has 1 spiro atoms. The molecule has 2 aliphatic rings. The number of benzene rings is 1. The molecule has 152 valence electrons. The maximum absolute atomic E-state index is 12.5. The van der Waals surface area contributed by atoms with E-state index < -0.39 is 5.69 Å². The number of amides is 1. The van der Waals surface area contributed by atoms with Crippen molar-refractivity contribution in [2.24, 2.45) is 5.41 Å². The zero-order chi connectivity index (χ0) is 20.3. The summed E-state index contributed by atoms with van der Waals surface area (Å²) in [5.41, 5.74) is 0.972. The highest BCUT2D eigenvalue weighted by Crippen LogP contribution is 2.41. The van der Waals surface area contributed by atoms with Crippen LogP contribution in [0.5, 0.6) is 0 Å². The fourth-order valence-corrected chi connectivity index (χ4v) is 4.39. The normalized spacial score (nSPS) is 19.4. The summed E-state index contributed by atoms with van der Waals surface area (Å²) in [5.74, 6) is 0.232. The summed E-state index contributed by atoms with van der Waals surface area (Å²) in [5, 5.41) is 0. The lowest BCUT2D eigenvalue weighted by Gasteiger charge is -2.38. The van der Waals surface area contributed by atoms with Gasteiger partial charge in [-0.15, -0.1) is 0 Å². The summed E-state index contributed by atoms with van der Waals surface area (Å²) in [4.78, 5) is 44.5. The van der Waals surface area contributed by atoms with Crippen LogP contribution < -0.4 is 11.2 Å². The summed E-state index contributed by atoms with van der Waals surface area (Å²) >= 11 is 0. The Morgan fingerprint density at radius 1 is 1.03 bits per heavy atom. The standard InChI is InChI=1S/C22H26N4O3/c27-19-13-18(23-21(29)24-19)15-25-11-8-22(9-12-25)14-20(28)26(16-22)10-4-7-17-5-2-1-3-6-17/h1-7,13H,8-12,14-16H2,(H2,23,24,27,29). The number of aromatic amines is 2. The van der Waals surface area contributed by atoms with Gasteiger partial charge in [0.25, 0.3) is 5.56 Å². The van der Waals surface area contributed by atoms with Crippen LogP contribution in [-0.2, 0) is 11.3 Å². The molecule has 1 amide bonds. The first kappa shape index (κ1) is 19.4. The third kappa shape index (κ3) is 4.74. The molecule has 0 atom stereocenters. The van der Waals surface area contributed by atoms with Gasteiger partial charge in [-0.25, -0.2) is 4.79 Å². The average Bonchev–Trinajstić information content (AvgIpc) is 2.99. The lowest BCUT2D eigenvalue weighted by molar-refractivity contribution is -0.127. The molecule has 0 bridgehead atoms. The van der Waals surface area contributed by atoms with E-state index in [1.807, 2.05) is 35.2 Å². The first-order valence-electron chi connectivity index (χ1n) is 10.1. The van der Waals surface area contributed by atoms with Gasteiger partial charge in [0, 0.05) is 37.8 Å². The Hall–Kier alpha value is -2.93. The van der Waals surface area contributed by atoms with Gasteiger partial charge in [0.05, 0.1) is 0 Å². The van der Waals surface area contributed by atoms with Gasteiger partial charge in [0.15, 0.2) is 0 Å². The van der Waals surface area contributed by atoms with Gasteiger partial charge < -0.3 is 9.88 Å². The molecular weight excluding hydrogens is 368 g/mol. The highest BCUT2D eigenvalue weighted by Gasteiger charge is 2.44. The number of carbonyl (C=O) groups excluding carboxylic acids is 1. The summed E-state index contributed by atoms with van der Waals surface area (Å²) in [6.45, 7) is 3.71. The minimum Gasteiger partial charge on any atom is -0.338 e. The Kier molecular flexibility index (Phi) is 5.49. The number of likely N-dealkylation sites (tertiary alicyclic amines) is 2. The van der Waals surface area contributed by atoms with Crippen molar-refractivity contribution in [2.45, 2.75) is 25.8 Å². The van der Waals surface area contributed by atoms with Crippen molar-refractivity contribution < 1.29 is 4.79 Å². The Labute approximate surface area is 169 Å². The third-order valence-electron chi connectivity index (χ3n) is 5.97. The molecular formula is C22H26N4O3. The smallest absolute Gasteiger partial charge is 0.325 e. The Morgan fingerprint density at radius 3 is 2.52 bits per heavy atom. The molecule has 2 fully saturated rings. The Balaban J connectivity index is 1.31. The maximum atomic E-state index is 12.5. The van der Waals surface area contributed by atoms with E-state index in [0.29, 0.717) is 25.2 Å². The third-order valence-corrected chi connectivity index (χ3v) is 5.97. The lowest BCUT2D eigenvalue weighted by Crippen LogP contribution is -2.41. The number of hydrogen-bond acceptors (Lipinski definition) is 4. The zero-order valence-corrected chi connectivity index (χ0v) is 16.4. The van der Waals surface area contributed by atoms with Crippen molar-refractivity contribution in [1.29, 1.82) is 0 Å². The minimum atomic E-state index is -0.471. The van der Waals surface area contributed by atoms with E-state index in [1.165, 1.54) is 6.07 Å². The second-order valence-corrected chi connectivity index (χ2v) is 8.15. The molecule has 0 saturated carbocycles. The van der Waals surface area contributed by atoms with Crippen molar-refractivity contribution in [3.05, 3.63) is 74.6 Å². The largest absolute Gasteiger partial charge is 0.338 e. The Morgan fingerprint density at radius 2 is 1.79 bits per heavy atom. The van der Waals surface area contributed by atoms with E-state index in [4.69, 9.17) is 0 Å². The van der Waals surface area contributed by atoms with E-state index >= 15 is 0 Å². The number of nitrogens with zero attached hydrogens (tertiary/aromatic N) is 2. The molecule has 2 saturated heterocycles. The monoisotopic (exact) mass is 394 g/mol. The van der Waals surface area contributed by atoms with E-state index in [0.717, 1.165) is 38.0 Å². The molecule has 2 N–H and O–H groups in total. The van der Waals surface area contributed by atoms with E-state index in [9.17, 15) is 14.4 Å². The molecule has 0 radical (unpaired) electrons. The predicted molar refractivity (Wildman–Crippen MR) is 111 cm³/mol. The van der Waals surface area contributed by atoms with Gasteiger partial charge in [0.2, 0.25) is 5.91 Å². The summed E-state index contributed by atoms with van der Waals surface area (Å²) in [6.07, 6.45) is 6.63. The van der Waals surface area contributed by atoms with Gasteiger partial charge in [-0.3, -0.25) is 19.5 Å². The molecule has 7 nitrogen and oxygen atoms in total. The zero-order valence-electron chi connectivity index (χ0n) is 16.4. The molecule has 2 aromatic rings.